The van der Waals surface area contributed by atoms with Gasteiger partial charge in [-0.2, -0.15) is 0 Å². The van der Waals surface area contributed by atoms with Gasteiger partial charge in [-0.25, -0.2) is 0 Å². The second-order valence-electron chi connectivity index (χ2n) is 8.01. The molecule has 0 N–H and O–H groups in total. The molecule has 0 saturated heterocycles. The van der Waals surface area contributed by atoms with Crippen LogP contribution in [-0.2, 0) is 5.41 Å². The van der Waals surface area contributed by atoms with Crippen molar-refractivity contribution in [1.82, 2.24) is 0 Å². The van der Waals surface area contributed by atoms with Crippen LogP contribution in [0.15, 0.2) is 36.4 Å². The second kappa shape index (κ2) is 6.59. The first-order valence-corrected chi connectivity index (χ1v) is 8.87. The first-order chi connectivity index (χ1) is 10.7. The van der Waals surface area contributed by atoms with Gasteiger partial charge >= 0.3 is 0 Å². The van der Waals surface area contributed by atoms with Crippen molar-refractivity contribution >= 4 is 26.6 Å². The summed E-state index contributed by atoms with van der Waals surface area (Å²) in [6.45, 7) is 13.7. The third kappa shape index (κ3) is 3.42. The fourth-order valence-electron chi connectivity index (χ4n) is 3.58. The summed E-state index contributed by atoms with van der Waals surface area (Å²) in [4.78, 5) is 0. The maximum atomic E-state index is 2.34. The molecule has 0 fully saturated rings. The minimum absolute atomic E-state index is 0.0276. The van der Waals surface area contributed by atoms with Crippen LogP contribution < -0.4 is 10.9 Å². The molecule has 0 nitrogen and oxygen atoms in total. The highest BCUT2D eigenvalue weighted by Crippen LogP contribution is 2.31. The molecule has 0 heterocycles. The predicted octanol–water partition coefficient (Wildman–Crippen LogP) is 2.78. The zero-order valence-corrected chi connectivity index (χ0v) is 16.1. The quantitative estimate of drug-likeness (QED) is 0.762. The zero-order chi connectivity index (χ0) is 17.4. The Morgan fingerprint density at radius 3 is 1.78 bits per heavy atom. The molecule has 0 aliphatic carbocycles. The summed E-state index contributed by atoms with van der Waals surface area (Å²) < 4.78 is 0. The van der Waals surface area contributed by atoms with Gasteiger partial charge in [-0.1, -0.05) is 94.4 Å². The third-order valence-corrected chi connectivity index (χ3v) is 5.42. The molecule has 0 radical (unpaired) electrons. The van der Waals surface area contributed by atoms with Crippen LogP contribution in [0.2, 0.25) is 0 Å². The van der Waals surface area contributed by atoms with Crippen LogP contribution in [-0.4, -0.2) is 15.7 Å². The van der Waals surface area contributed by atoms with Gasteiger partial charge in [0.15, 0.2) is 0 Å². The molecule has 0 spiro atoms. The van der Waals surface area contributed by atoms with E-state index in [1.54, 1.807) is 0 Å². The van der Waals surface area contributed by atoms with Crippen molar-refractivity contribution in [2.24, 2.45) is 0 Å². The maximum absolute atomic E-state index is 2.34. The summed E-state index contributed by atoms with van der Waals surface area (Å²) in [6, 6.07) is 13.8. The van der Waals surface area contributed by atoms with Crippen molar-refractivity contribution < 1.29 is 0 Å². The topological polar surface area (TPSA) is 0 Å². The highest BCUT2D eigenvalue weighted by molar-refractivity contribution is 6.50. The van der Waals surface area contributed by atoms with E-state index in [-0.39, 0.29) is 5.41 Å². The Morgan fingerprint density at radius 1 is 0.739 bits per heavy atom. The van der Waals surface area contributed by atoms with Gasteiger partial charge in [-0.05, 0) is 28.5 Å². The average molecular weight is 304 g/mol. The van der Waals surface area contributed by atoms with Crippen molar-refractivity contribution in [2.45, 2.75) is 58.8 Å². The molecule has 2 aromatic carbocycles. The van der Waals surface area contributed by atoms with E-state index < -0.39 is 0 Å². The van der Waals surface area contributed by atoms with Crippen LogP contribution >= 0.6 is 0 Å². The van der Waals surface area contributed by atoms with Gasteiger partial charge in [0.1, 0.15) is 15.7 Å². The van der Waals surface area contributed by atoms with Gasteiger partial charge in [0, 0.05) is 5.41 Å². The molecular formula is C21H30B2. The number of hydrogen-bond donors (Lipinski definition) is 0. The third-order valence-electron chi connectivity index (χ3n) is 5.42. The molecule has 0 unspecified atom stereocenters. The molecule has 0 aliphatic heterocycles. The molecule has 0 aliphatic rings. The van der Waals surface area contributed by atoms with E-state index in [1.165, 1.54) is 33.2 Å². The second-order valence-corrected chi connectivity index (χ2v) is 8.01. The first kappa shape index (κ1) is 17.9. The molecule has 23 heavy (non-hydrogen) atoms. The van der Waals surface area contributed by atoms with Gasteiger partial charge < -0.3 is 0 Å². The van der Waals surface area contributed by atoms with Crippen LogP contribution in [0, 0.1) is 0 Å². The lowest BCUT2D eigenvalue weighted by atomic mass is 9.66. The molecular weight excluding hydrogens is 274 g/mol. The van der Waals surface area contributed by atoms with Crippen molar-refractivity contribution in [2.75, 3.05) is 0 Å². The molecule has 0 amide bonds. The van der Waals surface area contributed by atoms with E-state index in [1.807, 2.05) is 0 Å². The lowest BCUT2D eigenvalue weighted by Crippen LogP contribution is -2.38. The lowest BCUT2D eigenvalue weighted by molar-refractivity contribution is 0.644. The predicted molar refractivity (Wildman–Crippen MR) is 110 cm³/mol. The van der Waals surface area contributed by atoms with E-state index in [4.69, 9.17) is 0 Å². The SMILES string of the molecule is Bc1c(C(C)C)ccc(C(C)(C)c2ccc(C(C)C)cc2)c1B. The van der Waals surface area contributed by atoms with Crippen LogP contribution in [0.4, 0.5) is 0 Å². The van der Waals surface area contributed by atoms with Gasteiger partial charge in [-0.3, -0.25) is 0 Å². The van der Waals surface area contributed by atoms with Crippen molar-refractivity contribution in [3.8, 4) is 0 Å². The molecule has 120 valence electrons. The van der Waals surface area contributed by atoms with Gasteiger partial charge in [-0.15, -0.1) is 0 Å². The standard InChI is InChI=1S/C21H30B2/c1-13(2)15-7-9-16(10-8-15)21(5,6)18-12-11-17(14(3)4)19(22)20(18)23/h7-14H,22-23H2,1-6H3. The number of rotatable bonds is 4. The summed E-state index contributed by atoms with van der Waals surface area (Å²) >= 11 is 0. The normalized spacial score (nSPS) is 12.2. The summed E-state index contributed by atoms with van der Waals surface area (Å²) in [5.41, 5.74) is 8.63. The van der Waals surface area contributed by atoms with Crippen LogP contribution in [0.5, 0.6) is 0 Å². The monoisotopic (exact) mass is 304 g/mol. The lowest BCUT2D eigenvalue weighted by Gasteiger charge is -2.30. The van der Waals surface area contributed by atoms with Crippen molar-refractivity contribution in [3.63, 3.8) is 0 Å². The van der Waals surface area contributed by atoms with Crippen molar-refractivity contribution in [1.29, 1.82) is 0 Å². The molecule has 0 saturated carbocycles. The molecule has 2 rings (SSSR count). The fourth-order valence-corrected chi connectivity index (χ4v) is 3.58. The summed E-state index contributed by atoms with van der Waals surface area (Å²) in [5.74, 6) is 1.16. The Labute approximate surface area is 144 Å². The Balaban J connectivity index is 2.49. The highest BCUT2D eigenvalue weighted by atomic mass is 14.3. The van der Waals surface area contributed by atoms with Gasteiger partial charge in [0.05, 0.1) is 0 Å². The van der Waals surface area contributed by atoms with E-state index in [0.717, 1.165) is 0 Å². The van der Waals surface area contributed by atoms with Crippen molar-refractivity contribution in [3.05, 3.63) is 58.7 Å². The largest absolute Gasteiger partial charge is 0.138 e. The Bertz CT molecular complexity index is 680. The van der Waals surface area contributed by atoms with E-state index >= 15 is 0 Å². The minimum Gasteiger partial charge on any atom is -0.0914 e. The molecule has 2 heteroatoms. The fraction of sp³-hybridized carbons (Fsp3) is 0.429. The molecule has 0 bridgehead atoms. The zero-order valence-electron chi connectivity index (χ0n) is 16.1. The molecule has 2 aromatic rings. The molecule has 0 atom stereocenters. The smallest absolute Gasteiger partial charge is 0.0914 e. The number of hydrogen-bond acceptors (Lipinski definition) is 0. The van der Waals surface area contributed by atoms with Gasteiger partial charge in [0.25, 0.3) is 0 Å². The highest BCUT2D eigenvalue weighted by Gasteiger charge is 2.26. The molecule has 0 aromatic heterocycles. The van der Waals surface area contributed by atoms with Crippen LogP contribution in [0.3, 0.4) is 0 Å². The van der Waals surface area contributed by atoms with E-state index in [0.29, 0.717) is 11.8 Å². The minimum atomic E-state index is 0.0276. The Hall–Kier alpha value is -1.43. The van der Waals surface area contributed by atoms with Crippen LogP contribution in [0.1, 0.15) is 75.6 Å². The summed E-state index contributed by atoms with van der Waals surface area (Å²) in [5, 5.41) is 0. The summed E-state index contributed by atoms with van der Waals surface area (Å²) in [6.07, 6.45) is 0. The Morgan fingerprint density at radius 2 is 1.30 bits per heavy atom. The average Bonchev–Trinajstić information content (AvgIpc) is 2.49. The first-order valence-electron chi connectivity index (χ1n) is 8.87. The van der Waals surface area contributed by atoms with Gasteiger partial charge in [0.2, 0.25) is 0 Å². The van der Waals surface area contributed by atoms with E-state index in [2.05, 4.69) is 93.6 Å². The Kier molecular flexibility index (Phi) is 5.13. The number of benzene rings is 2. The van der Waals surface area contributed by atoms with E-state index in [9.17, 15) is 0 Å². The summed E-state index contributed by atoms with van der Waals surface area (Å²) in [7, 11) is 4.55. The maximum Gasteiger partial charge on any atom is 0.138 e. The van der Waals surface area contributed by atoms with Crippen LogP contribution in [0.25, 0.3) is 0 Å².